The van der Waals surface area contributed by atoms with Crippen molar-refractivity contribution >= 4 is 0 Å². The fraction of sp³-hybridized carbons (Fsp3) is 0.556. The standard InChI is InChI=1S/C18H21NO3/c1-19-7-6-18-12-4-5-14(21)17(18)22-16-11(9-20)3-2-10(15(16)18)8-13(12)19/h2-5,12-14,17,20-21H,6-9H2,1H3/t12-,13?,14-,17?,18-/m0/s1. The van der Waals surface area contributed by atoms with Crippen LogP contribution >= 0.6 is 0 Å². The quantitative estimate of drug-likeness (QED) is 0.759. The van der Waals surface area contributed by atoms with Crippen LogP contribution < -0.4 is 4.74 Å². The average molecular weight is 299 g/mol. The molecular weight excluding hydrogens is 278 g/mol. The molecule has 22 heavy (non-hydrogen) atoms. The van der Waals surface area contributed by atoms with E-state index in [4.69, 9.17) is 4.74 Å². The van der Waals surface area contributed by atoms with Gasteiger partial charge < -0.3 is 19.8 Å². The molecule has 0 aromatic heterocycles. The molecule has 0 saturated carbocycles. The fourth-order valence-corrected chi connectivity index (χ4v) is 5.43. The van der Waals surface area contributed by atoms with Crippen LogP contribution in [0, 0.1) is 5.92 Å². The Labute approximate surface area is 130 Å². The first-order chi connectivity index (χ1) is 10.7. The van der Waals surface area contributed by atoms with Crippen molar-refractivity contribution in [1.82, 2.24) is 4.90 Å². The van der Waals surface area contributed by atoms with E-state index in [1.165, 1.54) is 11.1 Å². The normalized spacial score (nSPS) is 41.2. The Bertz CT molecular complexity index is 685. The lowest BCUT2D eigenvalue weighted by atomic mass is 9.53. The fourth-order valence-electron chi connectivity index (χ4n) is 5.43. The number of piperidine rings is 1. The molecule has 1 spiro atoms. The second-order valence-corrected chi connectivity index (χ2v) is 7.23. The van der Waals surface area contributed by atoms with E-state index >= 15 is 0 Å². The number of likely N-dealkylation sites (tertiary alicyclic amines) is 1. The Morgan fingerprint density at radius 3 is 3.05 bits per heavy atom. The van der Waals surface area contributed by atoms with Gasteiger partial charge in [-0.25, -0.2) is 0 Å². The summed E-state index contributed by atoms with van der Waals surface area (Å²) in [5, 5.41) is 20.2. The summed E-state index contributed by atoms with van der Waals surface area (Å²) in [6, 6.07) is 4.62. The van der Waals surface area contributed by atoms with Crippen molar-refractivity contribution in [3.63, 3.8) is 0 Å². The minimum absolute atomic E-state index is 0.0110. The zero-order valence-corrected chi connectivity index (χ0v) is 12.7. The minimum Gasteiger partial charge on any atom is -0.486 e. The monoisotopic (exact) mass is 299 g/mol. The van der Waals surface area contributed by atoms with E-state index in [9.17, 15) is 10.2 Å². The van der Waals surface area contributed by atoms with Gasteiger partial charge in [-0.2, -0.15) is 0 Å². The third kappa shape index (κ3) is 1.31. The second-order valence-electron chi connectivity index (χ2n) is 7.23. The molecule has 5 atom stereocenters. The van der Waals surface area contributed by atoms with E-state index in [1.54, 1.807) is 0 Å². The molecule has 4 heteroatoms. The van der Waals surface area contributed by atoms with Gasteiger partial charge in [-0.15, -0.1) is 0 Å². The van der Waals surface area contributed by atoms with Gasteiger partial charge in [0.15, 0.2) is 0 Å². The molecule has 116 valence electrons. The third-order valence-electron chi connectivity index (χ3n) is 6.42. The van der Waals surface area contributed by atoms with Crippen LogP contribution in [-0.4, -0.2) is 47.0 Å². The van der Waals surface area contributed by atoms with Crippen molar-refractivity contribution in [2.24, 2.45) is 5.92 Å². The van der Waals surface area contributed by atoms with Crippen molar-refractivity contribution in [3.8, 4) is 5.75 Å². The number of aliphatic hydroxyl groups excluding tert-OH is 2. The maximum Gasteiger partial charge on any atom is 0.138 e. The van der Waals surface area contributed by atoms with Crippen LogP contribution in [0.1, 0.15) is 23.1 Å². The topological polar surface area (TPSA) is 52.9 Å². The lowest BCUT2D eigenvalue weighted by Gasteiger charge is -2.56. The van der Waals surface area contributed by atoms with E-state index in [-0.39, 0.29) is 18.1 Å². The van der Waals surface area contributed by atoms with Crippen LogP contribution in [0.4, 0.5) is 0 Å². The number of rotatable bonds is 1. The Hall–Kier alpha value is -1.36. The van der Waals surface area contributed by atoms with Crippen LogP contribution in [0.15, 0.2) is 24.3 Å². The van der Waals surface area contributed by atoms with Crippen molar-refractivity contribution in [2.75, 3.05) is 13.6 Å². The van der Waals surface area contributed by atoms with Gasteiger partial charge in [0.05, 0.1) is 6.61 Å². The molecule has 2 bridgehead atoms. The Morgan fingerprint density at radius 2 is 2.23 bits per heavy atom. The zero-order chi connectivity index (χ0) is 15.1. The highest BCUT2D eigenvalue weighted by Gasteiger charge is 2.63. The summed E-state index contributed by atoms with van der Waals surface area (Å²) >= 11 is 0. The molecule has 1 saturated heterocycles. The molecule has 5 rings (SSSR count). The van der Waals surface area contributed by atoms with Gasteiger partial charge >= 0.3 is 0 Å². The molecule has 2 N–H and O–H groups in total. The summed E-state index contributed by atoms with van der Waals surface area (Å²) in [6.45, 7) is 1.02. The van der Waals surface area contributed by atoms with Gasteiger partial charge in [0, 0.05) is 28.5 Å². The van der Waals surface area contributed by atoms with Crippen molar-refractivity contribution in [3.05, 3.63) is 41.0 Å². The largest absolute Gasteiger partial charge is 0.486 e. The lowest BCUT2D eigenvalue weighted by molar-refractivity contribution is -0.0453. The van der Waals surface area contributed by atoms with Gasteiger partial charge in [-0.3, -0.25) is 0 Å². The summed E-state index contributed by atoms with van der Waals surface area (Å²) < 4.78 is 6.27. The third-order valence-corrected chi connectivity index (χ3v) is 6.42. The van der Waals surface area contributed by atoms with E-state index in [2.05, 4.69) is 24.1 Å². The highest BCUT2D eigenvalue weighted by atomic mass is 16.5. The number of aliphatic hydroxyl groups is 2. The molecule has 4 aliphatic rings. The first-order valence-corrected chi connectivity index (χ1v) is 8.16. The maximum absolute atomic E-state index is 10.5. The second kappa shape index (κ2) is 4.13. The summed E-state index contributed by atoms with van der Waals surface area (Å²) in [7, 11) is 2.20. The summed E-state index contributed by atoms with van der Waals surface area (Å²) in [4.78, 5) is 2.45. The van der Waals surface area contributed by atoms with Crippen molar-refractivity contribution in [1.29, 1.82) is 0 Å². The van der Waals surface area contributed by atoms with Crippen molar-refractivity contribution in [2.45, 2.75) is 43.1 Å². The summed E-state index contributed by atoms with van der Waals surface area (Å²) in [6.07, 6.45) is 5.38. The van der Waals surface area contributed by atoms with Crippen LogP contribution in [0.25, 0.3) is 0 Å². The molecule has 2 heterocycles. The summed E-state index contributed by atoms with van der Waals surface area (Å²) in [5.74, 6) is 1.24. The maximum atomic E-state index is 10.5. The number of nitrogens with zero attached hydrogens (tertiary/aromatic N) is 1. The Balaban J connectivity index is 1.82. The molecule has 0 amide bonds. The van der Waals surface area contributed by atoms with Gasteiger partial charge in [0.1, 0.15) is 18.0 Å². The predicted molar refractivity (Wildman–Crippen MR) is 81.8 cm³/mol. The lowest BCUT2D eigenvalue weighted by Crippen LogP contribution is -2.64. The van der Waals surface area contributed by atoms with Gasteiger partial charge in [0.2, 0.25) is 0 Å². The number of ether oxygens (including phenoxy) is 1. The number of hydrogen-bond donors (Lipinski definition) is 2. The van der Waals surface area contributed by atoms with E-state index in [0.717, 1.165) is 30.7 Å². The highest BCUT2D eigenvalue weighted by Crippen LogP contribution is 2.61. The average Bonchev–Trinajstić information content (AvgIpc) is 2.88. The molecule has 0 radical (unpaired) electrons. The molecule has 1 aromatic rings. The first kappa shape index (κ1) is 13.1. The minimum atomic E-state index is -0.565. The smallest absolute Gasteiger partial charge is 0.138 e. The molecule has 2 aliphatic heterocycles. The number of benzene rings is 1. The van der Waals surface area contributed by atoms with E-state index in [1.807, 2.05) is 12.1 Å². The molecule has 2 unspecified atom stereocenters. The van der Waals surface area contributed by atoms with Crippen LogP contribution in [0.5, 0.6) is 5.75 Å². The number of likely N-dealkylation sites (N-methyl/N-ethyl adjacent to an activating group) is 1. The Kier molecular flexibility index (Phi) is 2.46. The zero-order valence-electron chi connectivity index (χ0n) is 12.7. The van der Waals surface area contributed by atoms with E-state index in [0.29, 0.717) is 12.0 Å². The van der Waals surface area contributed by atoms with Crippen LogP contribution in [0.3, 0.4) is 0 Å². The number of hydrogen-bond acceptors (Lipinski definition) is 4. The van der Waals surface area contributed by atoms with Crippen molar-refractivity contribution < 1.29 is 14.9 Å². The molecule has 1 aromatic carbocycles. The van der Waals surface area contributed by atoms with Crippen LogP contribution in [-0.2, 0) is 18.4 Å². The Morgan fingerprint density at radius 1 is 1.36 bits per heavy atom. The van der Waals surface area contributed by atoms with E-state index < -0.39 is 6.10 Å². The van der Waals surface area contributed by atoms with Crippen LogP contribution in [0.2, 0.25) is 0 Å². The molecule has 1 fully saturated rings. The molecule has 2 aliphatic carbocycles. The first-order valence-electron chi connectivity index (χ1n) is 8.16. The molecular formula is C18H21NO3. The van der Waals surface area contributed by atoms with Gasteiger partial charge in [-0.05, 0) is 32.0 Å². The summed E-state index contributed by atoms with van der Waals surface area (Å²) in [5.41, 5.74) is 3.36. The van der Waals surface area contributed by atoms with Gasteiger partial charge in [-0.1, -0.05) is 24.3 Å². The molecule has 4 nitrogen and oxygen atoms in total. The SMILES string of the molecule is CN1CC[C@]23c4c5ccc(CO)c4OC2[C@@H](O)C=C[C@H]3C1C5. The van der Waals surface area contributed by atoms with Gasteiger partial charge in [0.25, 0.3) is 0 Å². The highest BCUT2D eigenvalue weighted by molar-refractivity contribution is 5.59. The predicted octanol–water partition coefficient (Wildman–Crippen LogP) is 0.985.